The number of H-pyrrole nitrogens is 1. The number of amides is 1. The number of carbonyl (C=O) groups is 1. The average molecular weight is 378 g/mol. The molecule has 0 unspecified atom stereocenters. The minimum Gasteiger partial charge on any atom is -0.402 e. The Kier molecular flexibility index (Phi) is 4.11. The summed E-state index contributed by atoms with van der Waals surface area (Å²) in [6, 6.07) is 11.9. The summed E-state index contributed by atoms with van der Waals surface area (Å²) in [7, 11) is 0. The number of nitrogens with zero attached hydrogens (tertiary/aromatic N) is 4. The third-order valence-corrected chi connectivity index (χ3v) is 5.83. The van der Waals surface area contributed by atoms with Gasteiger partial charge in [0, 0.05) is 18.7 Å². The molecule has 3 aromatic rings. The van der Waals surface area contributed by atoms with Crippen LogP contribution in [-0.4, -0.2) is 50.8 Å². The van der Waals surface area contributed by atoms with Gasteiger partial charge in [0.05, 0.1) is 12.2 Å². The summed E-state index contributed by atoms with van der Waals surface area (Å²) < 4.78 is 5.62. The van der Waals surface area contributed by atoms with E-state index < -0.39 is 0 Å². The van der Waals surface area contributed by atoms with Gasteiger partial charge in [-0.1, -0.05) is 35.4 Å². The van der Waals surface area contributed by atoms with Crippen LogP contribution in [0, 0.1) is 5.41 Å². The van der Waals surface area contributed by atoms with Crippen LogP contribution in [0.3, 0.4) is 0 Å². The van der Waals surface area contributed by atoms with Gasteiger partial charge in [-0.2, -0.15) is 5.10 Å². The Morgan fingerprint density at radius 2 is 1.93 bits per heavy atom. The summed E-state index contributed by atoms with van der Waals surface area (Å²) in [5.41, 5.74) is 3.00. The lowest BCUT2D eigenvalue weighted by Crippen LogP contribution is -2.41. The minimum absolute atomic E-state index is 0.0724. The van der Waals surface area contributed by atoms with Crippen molar-refractivity contribution < 1.29 is 9.21 Å². The molecule has 2 aliphatic rings. The Bertz CT molecular complexity index is 966. The monoisotopic (exact) mass is 378 g/mol. The highest BCUT2D eigenvalue weighted by molar-refractivity contribution is 5.80. The van der Waals surface area contributed by atoms with Crippen molar-refractivity contribution in [3.05, 3.63) is 36.4 Å². The number of hydrogen-bond donors (Lipinski definition) is 2. The Balaban J connectivity index is 1.18. The molecule has 1 spiro atoms. The highest BCUT2D eigenvalue weighted by atomic mass is 16.4. The van der Waals surface area contributed by atoms with Crippen LogP contribution in [-0.2, 0) is 4.79 Å². The van der Waals surface area contributed by atoms with Crippen LogP contribution in [0.2, 0.25) is 0 Å². The van der Waals surface area contributed by atoms with Gasteiger partial charge in [0.2, 0.25) is 5.91 Å². The maximum atomic E-state index is 12.4. The van der Waals surface area contributed by atoms with Gasteiger partial charge in [-0.05, 0) is 37.2 Å². The molecule has 1 aliphatic heterocycles. The van der Waals surface area contributed by atoms with Crippen LogP contribution in [0.1, 0.15) is 25.7 Å². The first kappa shape index (κ1) is 17.0. The van der Waals surface area contributed by atoms with Crippen molar-refractivity contribution in [2.45, 2.75) is 25.7 Å². The highest BCUT2D eigenvalue weighted by Crippen LogP contribution is 2.53. The molecule has 1 saturated heterocycles. The molecule has 0 bridgehead atoms. The first-order valence-electron chi connectivity index (χ1n) is 9.67. The second-order valence-corrected chi connectivity index (χ2v) is 7.68. The molecule has 144 valence electrons. The highest BCUT2D eigenvalue weighted by Gasteiger charge is 2.44. The van der Waals surface area contributed by atoms with Crippen LogP contribution < -0.4 is 5.32 Å². The topological polar surface area (TPSA) is 99.9 Å². The molecule has 1 amide bonds. The van der Waals surface area contributed by atoms with Crippen molar-refractivity contribution in [1.82, 2.24) is 25.3 Å². The zero-order valence-electron chi connectivity index (χ0n) is 15.5. The number of hydrogen-bond acceptors (Lipinski definition) is 6. The van der Waals surface area contributed by atoms with Gasteiger partial charge in [0.1, 0.15) is 5.69 Å². The van der Waals surface area contributed by atoms with Crippen molar-refractivity contribution >= 4 is 11.9 Å². The summed E-state index contributed by atoms with van der Waals surface area (Å²) in [5.74, 6) is 0.404. The summed E-state index contributed by atoms with van der Waals surface area (Å²) >= 11 is 0. The third kappa shape index (κ3) is 3.37. The van der Waals surface area contributed by atoms with E-state index in [9.17, 15) is 4.79 Å². The molecule has 1 aliphatic carbocycles. The standard InChI is InChI=1S/C20H22N6O2/c27-17(26-10-8-20(6-7-20)9-11-26)13-21-19-25-24-18(28-19)16-12-15(22-23-16)14-4-2-1-3-5-14/h1-5,12H,6-11,13H2,(H,21,25)(H,22,23). The van der Waals surface area contributed by atoms with Crippen LogP contribution in [0.25, 0.3) is 22.8 Å². The number of aromatic nitrogens is 4. The average Bonchev–Trinajstić information content (AvgIpc) is 3.14. The molecule has 28 heavy (non-hydrogen) atoms. The first-order valence-corrected chi connectivity index (χ1v) is 9.67. The fourth-order valence-electron chi connectivity index (χ4n) is 3.76. The molecule has 8 heteroatoms. The molecule has 8 nitrogen and oxygen atoms in total. The molecule has 2 aromatic heterocycles. The van der Waals surface area contributed by atoms with E-state index in [0.29, 0.717) is 17.0 Å². The lowest BCUT2D eigenvalue weighted by Gasteiger charge is -2.32. The molecule has 0 radical (unpaired) electrons. The number of rotatable bonds is 5. The van der Waals surface area contributed by atoms with E-state index in [1.165, 1.54) is 12.8 Å². The maximum Gasteiger partial charge on any atom is 0.316 e. The quantitative estimate of drug-likeness (QED) is 0.708. The van der Waals surface area contributed by atoms with Gasteiger partial charge >= 0.3 is 6.01 Å². The van der Waals surface area contributed by atoms with E-state index in [0.717, 1.165) is 37.2 Å². The lowest BCUT2D eigenvalue weighted by molar-refractivity contribution is -0.130. The summed E-state index contributed by atoms with van der Waals surface area (Å²) in [5, 5.41) is 18.2. The second-order valence-electron chi connectivity index (χ2n) is 7.68. The summed E-state index contributed by atoms with van der Waals surface area (Å²) in [6.07, 6.45) is 4.93. The molecule has 1 saturated carbocycles. The van der Waals surface area contributed by atoms with E-state index >= 15 is 0 Å². The van der Waals surface area contributed by atoms with Gasteiger partial charge in [0.25, 0.3) is 5.89 Å². The van der Waals surface area contributed by atoms with Gasteiger partial charge in [-0.15, -0.1) is 5.10 Å². The minimum atomic E-state index is 0.0724. The second kappa shape index (κ2) is 6.78. The molecule has 2 fully saturated rings. The number of piperidine rings is 1. The van der Waals surface area contributed by atoms with Gasteiger partial charge in [-0.25, -0.2) is 0 Å². The predicted molar refractivity (Wildman–Crippen MR) is 103 cm³/mol. The largest absolute Gasteiger partial charge is 0.402 e. The molecular weight excluding hydrogens is 356 g/mol. The van der Waals surface area contributed by atoms with E-state index in [1.54, 1.807) is 0 Å². The molecule has 3 heterocycles. The first-order chi connectivity index (χ1) is 13.7. The smallest absolute Gasteiger partial charge is 0.316 e. The van der Waals surface area contributed by atoms with Gasteiger partial charge in [0.15, 0.2) is 0 Å². The fourth-order valence-corrected chi connectivity index (χ4v) is 3.76. The van der Waals surface area contributed by atoms with Crippen molar-refractivity contribution in [2.24, 2.45) is 5.41 Å². The van der Waals surface area contributed by atoms with E-state index in [1.807, 2.05) is 41.3 Å². The van der Waals surface area contributed by atoms with Crippen molar-refractivity contribution in [1.29, 1.82) is 0 Å². The SMILES string of the molecule is O=C(CNc1nnc(-c2cc(-c3ccccc3)n[nH]2)o1)N1CCC2(CC1)CC2. The van der Waals surface area contributed by atoms with Crippen molar-refractivity contribution in [3.8, 4) is 22.8 Å². The number of nitrogens with one attached hydrogen (secondary N) is 2. The molecule has 1 aromatic carbocycles. The summed E-state index contributed by atoms with van der Waals surface area (Å²) in [6.45, 7) is 1.87. The van der Waals surface area contributed by atoms with Crippen LogP contribution in [0.5, 0.6) is 0 Å². The zero-order valence-corrected chi connectivity index (χ0v) is 15.5. The molecule has 0 atom stereocenters. The van der Waals surface area contributed by atoms with E-state index in [4.69, 9.17) is 4.42 Å². The third-order valence-electron chi connectivity index (χ3n) is 5.83. The normalized spacial score (nSPS) is 17.6. The summed E-state index contributed by atoms with van der Waals surface area (Å²) in [4.78, 5) is 14.3. The maximum absolute atomic E-state index is 12.4. The van der Waals surface area contributed by atoms with E-state index in [2.05, 4.69) is 25.7 Å². The number of aromatic amines is 1. The molecule has 2 N–H and O–H groups in total. The van der Waals surface area contributed by atoms with E-state index in [-0.39, 0.29) is 18.5 Å². The zero-order chi connectivity index (χ0) is 19.0. The molecular formula is C20H22N6O2. The van der Waals surface area contributed by atoms with Crippen molar-refractivity contribution in [2.75, 3.05) is 25.0 Å². The number of carbonyl (C=O) groups excluding carboxylic acids is 1. The lowest BCUT2D eigenvalue weighted by atomic mass is 9.94. The van der Waals surface area contributed by atoms with Crippen LogP contribution in [0.4, 0.5) is 6.01 Å². The van der Waals surface area contributed by atoms with Crippen molar-refractivity contribution in [3.63, 3.8) is 0 Å². The van der Waals surface area contributed by atoms with Crippen LogP contribution >= 0.6 is 0 Å². The fraction of sp³-hybridized carbons (Fsp3) is 0.400. The predicted octanol–water partition coefficient (Wildman–Crippen LogP) is 2.94. The van der Waals surface area contributed by atoms with Gasteiger partial charge < -0.3 is 14.6 Å². The Morgan fingerprint density at radius 3 is 2.68 bits per heavy atom. The number of anilines is 1. The number of likely N-dealkylation sites (tertiary alicyclic amines) is 1. The van der Waals surface area contributed by atoms with Crippen LogP contribution in [0.15, 0.2) is 40.8 Å². The Hall–Kier alpha value is -3.16. The Labute approximate surface area is 162 Å². The van der Waals surface area contributed by atoms with Gasteiger partial charge in [-0.3, -0.25) is 9.89 Å². The Morgan fingerprint density at radius 1 is 1.14 bits per heavy atom. The number of benzene rings is 1. The molecule has 5 rings (SSSR count).